The molecule has 0 radical (unpaired) electrons. The molecule has 6 nitrogen and oxygen atoms in total. The topological polar surface area (TPSA) is 73.2 Å². The van der Waals surface area contributed by atoms with Crippen LogP contribution < -0.4 is 9.46 Å². The van der Waals surface area contributed by atoms with Gasteiger partial charge in [0.05, 0.1) is 5.75 Å². The van der Waals surface area contributed by atoms with E-state index in [2.05, 4.69) is 9.71 Å². The molecule has 3 rings (SSSR count). The standard InChI is InChI=1S/C17H23N3O3S/c1-20-11-10-18-17(20)12-23-16-8-6-15(7-9-16)19-24(21,22)13-14-4-2-3-5-14/h6-11,14,19H,2-5,12-13H2,1H3. The van der Waals surface area contributed by atoms with Gasteiger partial charge in [0.15, 0.2) is 0 Å². The van der Waals surface area contributed by atoms with Crippen LogP contribution in [0.5, 0.6) is 5.75 Å². The van der Waals surface area contributed by atoms with E-state index >= 15 is 0 Å². The zero-order valence-electron chi connectivity index (χ0n) is 13.8. The van der Waals surface area contributed by atoms with Gasteiger partial charge in [-0.1, -0.05) is 12.8 Å². The second-order valence-electron chi connectivity index (χ2n) is 6.30. The number of nitrogens with one attached hydrogen (secondary N) is 1. The molecular weight excluding hydrogens is 326 g/mol. The number of anilines is 1. The smallest absolute Gasteiger partial charge is 0.232 e. The molecule has 0 saturated heterocycles. The van der Waals surface area contributed by atoms with Gasteiger partial charge in [-0.05, 0) is 43.0 Å². The van der Waals surface area contributed by atoms with Crippen molar-refractivity contribution in [3.8, 4) is 5.75 Å². The van der Waals surface area contributed by atoms with E-state index in [-0.39, 0.29) is 5.75 Å². The van der Waals surface area contributed by atoms with Crippen LogP contribution in [0.1, 0.15) is 31.5 Å². The Bertz CT molecular complexity index is 763. The van der Waals surface area contributed by atoms with E-state index in [4.69, 9.17) is 4.74 Å². The lowest BCUT2D eigenvalue weighted by Crippen LogP contribution is -2.21. The Labute approximate surface area is 142 Å². The van der Waals surface area contributed by atoms with Crippen molar-refractivity contribution in [2.75, 3.05) is 10.5 Å². The fraction of sp³-hybridized carbons (Fsp3) is 0.471. The van der Waals surface area contributed by atoms with Gasteiger partial charge in [-0.2, -0.15) is 0 Å². The van der Waals surface area contributed by atoms with E-state index in [0.29, 0.717) is 24.0 Å². The fourth-order valence-electron chi connectivity index (χ4n) is 3.01. The highest BCUT2D eigenvalue weighted by Gasteiger charge is 2.22. The van der Waals surface area contributed by atoms with Crippen molar-refractivity contribution in [2.24, 2.45) is 13.0 Å². The molecule has 1 heterocycles. The van der Waals surface area contributed by atoms with Crippen LogP contribution in [0.3, 0.4) is 0 Å². The molecule has 130 valence electrons. The van der Waals surface area contributed by atoms with Crippen molar-refractivity contribution in [1.29, 1.82) is 0 Å². The summed E-state index contributed by atoms with van der Waals surface area (Å²) in [4.78, 5) is 4.19. The van der Waals surface area contributed by atoms with Crippen LogP contribution in [0.25, 0.3) is 0 Å². The molecule has 2 aromatic rings. The predicted octanol–water partition coefficient (Wildman–Crippen LogP) is 2.93. The summed E-state index contributed by atoms with van der Waals surface area (Å²) in [5.41, 5.74) is 0.567. The average molecular weight is 349 g/mol. The first-order valence-corrected chi connectivity index (χ1v) is 9.87. The van der Waals surface area contributed by atoms with E-state index in [9.17, 15) is 8.42 Å². The Morgan fingerprint density at radius 1 is 1.25 bits per heavy atom. The maximum atomic E-state index is 12.2. The summed E-state index contributed by atoms with van der Waals surface area (Å²) in [6.45, 7) is 0.371. The molecule has 1 aliphatic rings. The van der Waals surface area contributed by atoms with Crippen LogP contribution in [0.15, 0.2) is 36.7 Å². The van der Waals surface area contributed by atoms with Crippen LogP contribution in [0.4, 0.5) is 5.69 Å². The Morgan fingerprint density at radius 3 is 2.58 bits per heavy atom. The molecular formula is C17H23N3O3S. The molecule has 1 fully saturated rings. The number of benzene rings is 1. The summed E-state index contributed by atoms with van der Waals surface area (Å²) < 4.78 is 34.6. The second kappa shape index (κ2) is 7.25. The third-order valence-electron chi connectivity index (χ3n) is 4.35. The molecule has 24 heavy (non-hydrogen) atoms. The van der Waals surface area contributed by atoms with Gasteiger partial charge in [0.1, 0.15) is 18.2 Å². The first-order chi connectivity index (χ1) is 11.5. The predicted molar refractivity (Wildman–Crippen MR) is 93.3 cm³/mol. The van der Waals surface area contributed by atoms with Crippen molar-refractivity contribution in [1.82, 2.24) is 9.55 Å². The molecule has 0 spiro atoms. The lowest BCUT2D eigenvalue weighted by Gasteiger charge is -2.12. The first kappa shape index (κ1) is 16.8. The van der Waals surface area contributed by atoms with Crippen molar-refractivity contribution >= 4 is 15.7 Å². The van der Waals surface area contributed by atoms with Crippen LogP contribution in [0.2, 0.25) is 0 Å². The van der Waals surface area contributed by atoms with E-state index in [1.54, 1.807) is 30.5 Å². The molecule has 7 heteroatoms. The highest BCUT2D eigenvalue weighted by Crippen LogP contribution is 2.26. The van der Waals surface area contributed by atoms with Crippen LogP contribution in [0, 0.1) is 5.92 Å². The van der Waals surface area contributed by atoms with Gasteiger partial charge in [0.25, 0.3) is 0 Å². The van der Waals surface area contributed by atoms with Gasteiger partial charge < -0.3 is 9.30 Å². The normalized spacial score (nSPS) is 15.5. The summed E-state index contributed by atoms with van der Waals surface area (Å²) in [6.07, 6.45) is 7.90. The lowest BCUT2D eigenvalue weighted by atomic mass is 10.1. The molecule has 1 aromatic carbocycles. The van der Waals surface area contributed by atoms with Crippen molar-refractivity contribution in [2.45, 2.75) is 32.3 Å². The SMILES string of the molecule is Cn1ccnc1COc1ccc(NS(=O)(=O)CC2CCCC2)cc1. The van der Waals surface area contributed by atoms with E-state index < -0.39 is 10.0 Å². The highest BCUT2D eigenvalue weighted by atomic mass is 32.2. The Balaban J connectivity index is 1.54. The number of aromatic nitrogens is 2. The fourth-order valence-corrected chi connectivity index (χ4v) is 4.54. The van der Waals surface area contributed by atoms with Gasteiger partial charge >= 0.3 is 0 Å². The maximum Gasteiger partial charge on any atom is 0.232 e. The molecule has 1 aromatic heterocycles. The maximum absolute atomic E-state index is 12.2. The van der Waals surface area contributed by atoms with Gasteiger partial charge in [0, 0.05) is 25.1 Å². The third kappa shape index (κ3) is 4.50. The zero-order chi connectivity index (χ0) is 17.0. The van der Waals surface area contributed by atoms with Crippen molar-refractivity contribution in [3.63, 3.8) is 0 Å². The summed E-state index contributed by atoms with van der Waals surface area (Å²) in [7, 11) is -1.38. The van der Waals surface area contributed by atoms with Gasteiger partial charge in [-0.25, -0.2) is 13.4 Å². The number of sulfonamides is 1. The molecule has 1 saturated carbocycles. The van der Waals surface area contributed by atoms with Crippen molar-refractivity contribution in [3.05, 3.63) is 42.5 Å². The molecule has 0 unspecified atom stereocenters. The summed E-state index contributed by atoms with van der Waals surface area (Å²) >= 11 is 0. The molecule has 0 atom stereocenters. The summed E-state index contributed by atoms with van der Waals surface area (Å²) in [5.74, 6) is 2.01. The van der Waals surface area contributed by atoms with Crippen molar-refractivity contribution < 1.29 is 13.2 Å². The summed E-state index contributed by atoms with van der Waals surface area (Å²) in [5, 5.41) is 0. The number of ether oxygens (including phenoxy) is 1. The Hall–Kier alpha value is -2.02. The number of aryl methyl sites for hydroxylation is 1. The molecule has 0 amide bonds. The lowest BCUT2D eigenvalue weighted by molar-refractivity contribution is 0.292. The highest BCUT2D eigenvalue weighted by molar-refractivity contribution is 7.92. The van der Waals surface area contributed by atoms with E-state index in [1.165, 1.54) is 0 Å². The van der Waals surface area contributed by atoms with E-state index in [1.807, 2.05) is 17.8 Å². The number of nitrogens with zero attached hydrogens (tertiary/aromatic N) is 2. The molecule has 0 bridgehead atoms. The first-order valence-electron chi connectivity index (χ1n) is 8.21. The van der Waals surface area contributed by atoms with Crippen LogP contribution >= 0.6 is 0 Å². The minimum absolute atomic E-state index is 0.213. The number of imidazole rings is 1. The number of hydrogen-bond donors (Lipinski definition) is 1. The van der Waals surface area contributed by atoms with Gasteiger partial charge in [-0.3, -0.25) is 4.72 Å². The average Bonchev–Trinajstić information content (AvgIpc) is 3.17. The monoisotopic (exact) mass is 349 g/mol. The van der Waals surface area contributed by atoms with Crippen LogP contribution in [-0.2, 0) is 23.7 Å². The minimum Gasteiger partial charge on any atom is -0.486 e. The van der Waals surface area contributed by atoms with Crippen LogP contribution in [-0.4, -0.2) is 23.7 Å². The third-order valence-corrected chi connectivity index (χ3v) is 5.80. The molecule has 0 aliphatic heterocycles. The Kier molecular flexibility index (Phi) is 5.08. The summed E-state index contributed by atoms with van der Waals surface area (Å²) in [6, 6.07) is 6.96. The second-order valence-corrected chi connectivity index (χ2v) is 8.07. The van der Waals surface area contributed by atoms with Gasteiger partial charge in [-0.15, -0.1) is 0 Å². The number of rotatable bonds is 7. The van der Waals surface area contributed by atoms with Gasteiger partial charge in [0.2, 0.25) is 10.0 Å². The number of hydrogen-bond acceptors (Lipinski definition) is 4. The Morgan fingerprint density at radius 2 is 1.96 bits per heavy atom. The molecule has 1 N–H and O–H groups in total. The zero-order valence-corrected chi connectivity index (χ0v) is 14.6. The quantitative estimate of drug-likeness (QED) is 0.834. The molecule has 1 aliphatic carbocycles. The largest absolute Gasteiger partial charge is 0.486 e. The minimum atomic E-state index is -3.29. The van der Waals surface area contributed by atoms with E-state index in [0.717, 1.165) is 31.5 Å².